The summed E-state index contributed by atoms with van der Waals surface area (Å²) in [4.78, 5) is 40.4. The fourth-order valence-electron chi connectivity index (χ4n) is 5.28. The zero-order valence-electron chi connectivity index (χ0n) is 23.9. The minimum absolute atomic E-state index is 0.114. The molecule has 5 rings (SSSR count). The van der Waals surface area contributed by atoms with E-state index in [1.54, 1.807) is 26.1 Å². The number of hydrogen-bond acceptors (Lipinski definition) is 7. The number of para-hydroxylation sites is 2. The van der Waals surface area contributed by atoms with E-state index in [1.807, 2.05) is 37.1 Å². The van der Waals surface area contributed by atoms with E-state index >= 15 is 0 Å². The van der Waals surface area contributed by atoms with Gasteiger partial charge in [-0.25, -0.2) is 23.7 Å². The van der Waals surface area contributed by atoms with Crippen molar-refractivity contribution in [3.63, 3.8) is 0 Å². The van der Waals surface area contributed by atoms with E-state index in [4.69, 9.17) is 9.72 Å². The molecule has 216 valence electrons. The fraction of sp³-hybridized carbons (Fsp3) is 0.400. The minimum Gasteiger partial charge on any atom is -0.425 e. The molecule has 4 aromatic rings. The average Bonchev–Trinajstić information content (AvgIpc) is 3.35. The highest BCUT2D eigenvalue weighted by Gasteiger charge is 2.29. The summed E-state index contributed by atoms with van der Waals surface area (Å²) in [6.07, 6.45) is 1.80. The van der Waals surface area contributed by atoms with Crippen LogP contribution in [0.15, 0.2) is 65.6 Å². The van der Waals surface area contributed by atoms with Gasteiger partial charge in [0.05, 0.1) is 17.6 Å². The number of aromatic nitrogens is 4. The lowest BCUT2D eigenvalue weighted by Crippen LogP contribution is -2.46. The molecule has 0 radical (unpaired) electrons. The van der Waals surface area contributed by atoms with Gasteiger partial charge < -0.3 is 24.0 Å². The topological polar surface area (TPSA) is 88.7 Å². The van der Waals surface area contributed by atoms with Gasteiger partial charge in [0.25, 0.3) is 5.56 Å². The number of carbonyl (C=O) groups is 1. The number of nitrogens with zero attached hydrogens (tertiary/aromatic N) is 7. The van der Waals surface area contributed by atoms with Crippen LogP contribution in [-0.2, 0) is 11.3 Å². The van der Waals surface area contributed by atoms with Gasteiger partial charge in [0.2, 0.25) is 11.9 Å². The van der Waals surface area contributed by atoms with Gasteiger partial charge in [0, 0.05) is 52.0 Å². The number of benzene rings is 2. The maximum absolute atomic E-state index is 13.5. The molecule has 1 atom stereocenters. The fourth-order valence-corrected chi connectivity index (χ4v) is 5.28. The molecule has 3 heterocycles. The summed E-state index contributed by atoms with van der Waals surface area (Å²) in [7, 11) is 3.57. The van der Waals surface area contributed by atoms with E-state index in [2.05, 4.69) is 20.5 Å². The van der Waals surface area contributed by atoms with Crippen molar-refractivity contribution < 1.29 is 13.9 Å². The van der Waals surface area contributed by atoms with Crippen LogP contribution in [-0.4, -0.2) is 69.9 Å². The number of halogens is 1. The lowest BCUT2D eigenvalue weighted by atomic mass is 10.0. The normalized spacial score (nSPS) is 14.7. The molecule has 2 aromatic carbocycles. The van der Waals surface area contributed by atoms with Crippen molar-refractivity contribution in [2.75, 3.05) is 43.5 Å². The molecule has 10 nitrogen and oxygen atoms in total. The third-order valence-corrected chi connectivity index (χ3v) is 7.78. The number of rotatable bonds is 8. The number of hydrogen-bond donors (Lipinski definition) is 0. The van der Waals surface area contributed by atoms with Crippen LogP contribution in [0.25, 0.3) is 11.0 Å². The first kappa shape index (κ1) is 28.1. The number of amides is 1. The molecule has 1 fully saturated rings. The Balaban J connectivity index is 1.34. The van der Waals surface area contributed by atoms with Crippen LogP contribution in [0.3, 0.4) is 0 Å². The van der Waals surface area contributed by atoms with Crippen LogP contribution in [0.4, 0.5) is 21.1 Å². The molecule has 2 aromatic heterocycles. The van der Waals surface area contributed by atoms with E-state index < -0.39 is 12.3 Å². The predicted molar refractivity (Wildman–Crippen MR) is 157 cm³/mol. The van der Waals surface area contributed by atoms with Crippen LogP contribution < -0.4 is 15.4 Å². The summed E-state index contributed by atoms with van der Waals surface area (Å²) in [5.74, 6) is 1.08. The van der Waals surface area contributed by atoms with Crippen LogP contribution >= 0.6 is 0 Å². The van der Waals surface area contributed by atoms with E-state index in [9.17, 15) is 14.0 Å². The standard InChI is InChI=1S/C30H36FN7O3/c1-5-34(3)30(40)41-21(2)38-27(39)14-17-32-28(38)35(4)24-15-18-36(19-16-24)29-33-25-8-6-7-9-26(25)37(29)20-22-10-12-23(31)13-11-22/h6-14,17,21,24H,5,15-16,18-20H2,1-4H3. The summed E-state index contributed by atoms with van der Waals surface area (Å²) in [5.41, 5.74) is 2.66. The van der Waals surface area contributed by atoms with E-state index in [0.29, 0.717) is 19.0 Å². The highest BCUT2D eigenvalue weighted by Crippen LogP contribution is 2.29. The second-order valence-corrected chi connectivity index (χ2v) is 10.4. The van der Waals surface area contributed by atoms with E-state index in [-0.39, 0.29) is 17.4 Å². The Morgan fingerprint density at radius 1 is 1.10 bits per heavy atom. The molecule has 1 saturated heterocycles. The summed E-state index contributed by atoms with van der Waals surface area (Å²) in [6.45, 7) is 6.12. The molecule has 1 aliphatic rings. The Kier molecular flexibility index (Phi) is 8.23. The van der Waals surface area contributed by atoms with Gasteiger partial charge in [0.15, 0.2) is 6.23 Å². The van der Waals surface area contributed by atoms with E-state index in [0.717, 1.165) is 48.5 Å². The number of carbonyl (C=O) groups excluding carboxylic acids is 1. The first-order chi connectivity index (χ1) is 19.8. The molecule has 0 spiro atoms. The lowest BCUT2D eigenvalue weighted by Gasteiger charge is -2.38. The molecule has 41 heavy (non-hydrogen) atoms. The van der Waals surface area contributed by atoms with Crippen molar-refractivity contribution in [1.82, 2.24) is 24.0 Å². The summed E-state index contributed by atoms with van der Waals surface area (Å²) < 4.78 is 22.7. The molecule has 11 heteroatoms. The van der Waals surface area contributed by atoms with Gasteiger partial charge in [-0.3, -0.25) is 4.79 Å². The van der Waals surface area contributed by atoms with Crippen molar-refractivity contribution in [2.45, 2.75) is 45.5 Å². The molecular weight excluding hydrogens is 525 g/mol. The molecule has 0 aliphatic carbocycles. The molecule has 0 bridgehead atoms. The smallest absolute Gasteiger partial charge is 0.411 e. The second kappa shape index (κ2) is 12.0. The largest absolute Gasteiger partial charge is 0.425 e. The minimum atomic E-state index is -0.818. The second-order valence-electron chi connectivity index (χ2n) is 10.4. The van der Waals surface area contributed by atoms with Gasteiger partial charge in [-0.15, -0.1) is 0 Å². The Labute approximate surface area is 238 Å². The zero-order chi connectivity index (χ0) is 29.1. The quantitative estimate of drug-likeness (QED) is 0.313. The third kappa shape index (κ3) is 5.89. The Bertz CT molecular complexity index is 1560. The highest BCUT2D eigenvalue weighted by molar-refractivity contribution is 5.79. The number of imidazole rings is 1. The van der Waals surface area contributed by atoms with Crippen molar-refractivity contribution >= 4 is 29.0 Å². The summed E-state index contributed by atoms with van der Waals surface area (Å²) >= 11 is 0. The molecule has 1 unspecified atom stereocenters. The summed E-state index contributed by atoms with van der Waals surface area (Å²) in [5, 5.41) is 0. The molecule has 1 amide bonds. The maximum Gasteiger partial charge on any atom is 0.411 e. The zero-order valence-corrected chi connectivity index (χ0v) is 23.9. The van der Waals surface area contributed by atoms with Gasteiger partial charge in [0.1, 0.15) is 5.82 Å². The van der Waals surface area contributed by atoms with Crippen molar-refractivity contribution in [3.8, 4) is 0 Å². The molecular formula is C30H36FN7O3. The first-order valence-electron chi connectivity index (χ1n) is 13.9. The average molecular weight is 562 g/mol. The van der Waals surface area contributed by atoms with Crippen molar-refractivity contribution in [3.05, 3.63) is 82.5 Å². The number of fused-ring (bicyclic) bond motifs is 1. The Morgan fingerprint density at radius 3 is 2.51 bits per heavy atom. The molecule has 0 saturated carbocycles. The number of piperidine rings is 1. The van der Waals surface area contributed by atoms with Gasteiger partial charge in [-0.05, 0) is 56.5 Å². The number of anilines is 2. The molecule has 0 N–H and O–H groups in total. The van der Waals surface area contributed by atoms with Gasteiger partial charge >= 0.3 is 6.09 Å². The van der Waals surface area contributed by atoms with E-state index in [1.165, 1.54) is 33.9 Å². The highest BCUT2D eigenvalue weighted by atomic mass is 19.1. The van der Waals surface area contributed by atoms with Crippen LogP contribution in [0.5, 0.6) is 0 Å². The van der Waals surface area contributed by atoms with Crippen molar-refractivity contribution in [2.24, 2.45) is 0 Å². The van der Waals surface area contributed by atoms with Gasteiger partial charge in [-0.2, -0.15) is 0 Å². The lowest BCUT2D eigenvalue weighted by molar-refractivity contribution is 0.0428. The van der Waals surface area contributed by atoms with Gasteiger partial charge in [-0.1, -0.05) is 24.3 Å². The van der Waals surface area contributed by atoms with Crippen LogP contribution in [0.1, 0.15) is 38.5 Å². The molecule has 1 aliphatic heterocycles. The van der Waals surface area contributed by atoms with Crippen LogP contribution in [0.2, 0.25) is 0 Å². The SMILES string of the molecule is CCN(C)C(=O)OC(C)n1c(N(C)C2CCN(c3nc4ccccc4n3Cc3ccc(F)cc3)CC2)nccc1=O. The number of ether oxygens (including phenoxy) is 1. The predicted octanol–water partition coefficient (Wildman–Crippen LogP) is 4.49. The monoisotopic (exact) mass is 561 g/mol. The Hall–Kier alpha value is -4.41. The summed E-state index contributed by atoms with van der Waals surface area (Å²) in [6, 6.07) is 16.1. The first-order valence-corrected chi connectivity index (χ1v) is 13.9. The third-order valence-electron chi connectivity index (χ3n) is 7.78. The Morgan fingerprint density at radius 2 is 1.80 bits per heavy atom. The van der Waals surface area contributed by atoms with Crippen molar-refractivity contribution in [1.29, 1.82) is 0 Å². The van der Waals surface area contributed by atoms with Crippen LogP contribution in [0, 0.1) is 5.82 Å². The maximum atomic E-state index is 13.5.